The Bertz CT molecular complexity index is 570. The zero-order valence-corrected chi connectivity index (χ0v) is 12.7. The van der Waals surface area contributed by atoms with Gasteiger partial charge < -0.3 is 11.1 Å². The Hall–Kier alpha value is -0.660. The number of hydrogen-bond donors (Lipinski definition) is 2. The molecular formula is C10H9Br2N3OS. The summed E-state index contributed by atoms with van der Waals surface area (Å²) >= 11 is 8.54. The van der Waals surface area contributed by atoms with E-state index >= 15 is 0 Å². The maximum absolute atomic E-state index is 10.5. The summed E-state index contributed by atoms with van der Waals surface area (Å²) in [6.45, 7) is 0.508. The van der Waals surface area contributed by atoms with Crippen LogP contribution in [0.2, 0.25) is 0 Å². The Balaban J connectivity index is 2.20. The number of carbonyl (C=O) groups excluding carboxylic acids is 1. The molecule has 0 aliphatic carbocycles. The van der Waals surface area contributed by atoms with Crippen molar-refractivity contribution < 1.29 is 4.79 Å². The van der Waals surface area contributed by atoms with Crippen molar-refractivity contribution in [2.45, 2.75) is 6.42 Å². The first kappa shape index (κ1) is 12.8. The number of thiazole rings is 1. The van der Waals surface area contributed by atoms with E-state index in [1.165, 1.54) is 0 Å². The van der Waals surface area contributed by atoms with Crippen molar-refractivity contribution >= 4 is 59.4 Å². The first-order valence-electron chi connectivity index (χ1n) is 4.84. The highest BCUT2D eigenvalue weighted by molar-refractivity contribution is 9.11. The highest BCUT2D eigenvalue weighted by atomic mass is 79.9. The smallest absolute Gasteiger partial charge is 0.312 e. The number of nitrogens with zero attached hydrogens (tertiary/aromatic N) is 1. The number of nitrogens with two attached hydrogens (primary N) is 1. The first-order valence-corrected chi connectivity index (χ1v) is 7.24. The lowest BCUT2D eigenvalue weighted by molar-refractivity contribution is 0.249. The largest absolute Gasteiger partial charge is 0.352 e. The number of benzene rings is 1. The van der Waals surface area contributed by atoms with Gasteiger partial charge >= 0.3 is 6.03 Å². The molecule has 0 saturated heterocycles. The zero-order chi connectivity index (χ0) is 12.4. The molecule has 1 aromatic carbocycles. The number of urea groups is 1. The summed E-state index contributed by atoms with van der Waals surface area (Å²) in [7, 11) is 0. The van der Waals surface area contributed by atoms with E-state index in [1.807, 2.05) is 12.1 Å². The first-order chi connectivity index (χ1) is 8.06. The zero-order valence-electron chi connectivity index (χ0n) is 8.67. The minimum Gasteiger partial charge on any atom is -0.352 e. The van der Waals surface area contributed by atoms with Crippen molar-refractivity contribution in [1.29, 1.82) is 0 Å². The number of aromatic nitrogens is 1. The molecule has 90 valence electrons. The molecule has 7 heteroatoms. The molecule has 0 radical (unpaired) electrons. The average molecular weight is 379 g/mol. The predicted octanol–water partition coefficient (Wildman–Crippen LogP) is 3.03. The molecule has 1 heterocycles. The van der Waals surface area contributed by atoms with E-state index in [0.717, 1.165) is 24.2 Å². The summed E-state index contributed by atoms with van der Waals surface area (Å²) in [5.74, 6) is 0. The fourth-order valence-corrected chi connectivity index (χ4v) is 3.80. The topological polar surface area (TPSA) is 68.0 Å². The van der Waals surface area contributed by atoms with Crippen molar-refractivity contribution in [2.75, 3.05) is 6.54 Å². The number of hydrogen-bond acceptors (Lipinski definition) is 3. The second-order valence-corrected chi connectivity index (χ2v) is 6.24. The molecule has 1 aromatic heterocycles. The Labute approximate surface area is 119 Å². The molecule has 2 aromatic rings. The highest BCUT2D eigenvalue weighted by Crippen LogP contribution is 2.32. The van der Waals surface area contributed by atoms with Crippen LogP contribution in [0.25, 0.3) is 10.2 Å². The van der Waals surface area contributed by atoms with Gasteiger partial charge in [0.2, 0.25) is 0 Å². The van der Waals surface area contributed by atoms with E-state index in [1.54, 1.807) is 11.3 Å². The van der Waals surface area contributed by atoms with Gasteiger partial charge in [0.05, 0.1) is 15.2 Å². The highest BCUT2D eigenvalue weighted by Gasteiger charge is 2.08. The lowest BCUT2D eigenvalue weighted by Crippen LogP contribution is -2.30. The van der Waals surface area contributed by atoms with Gasteiger partial charge in [0.25, 0.3) is 0 Å². The predicted molar refractivity (Wildman–Crippen MR) is 76.3 cm³/mol. The fraction of sp³-hybridized carbons (Fsp3) is 0.200. The van der Waals surface area contributed by atoms with Gasteiger partial charge in [0.15, 0.2) is 0 Å². The molecular weight excluding hydrogens is 370 g/mol. The Kier molecular flexibility index (Phi) is 4.01. The summed E-state index contributed by atoms with van der Waals surface area (Å²) in [5, 5.41) is 3.53. The molecule has 4 nitrogen and oxygen atoms in total. The normalized spacial score (nSPS) is 10.7. The second-order valence-electron chi connectivity index (χ2n) is 3.38. The van der Waals surface area contributed by atoms with Gasteiger partial charge in [-0.1, -0.05) is 15.9 Å². The monoisotopic (exact) mass is 377 g/mol. The van der Waals surface area contributed by atoms with Crippen molar-refractivity contribution in [2.24, 2.45) is 5.73 Å². The quantitative estimate of drug-likeness (QED) is 0.861. The fourth-order valence-electron chi connectivity index (χ4n) is 1.41. The number of halogens is 2. The van der Waals surface area contributed by atoms with E-state index in [0.29, 0.717) is 13.0 Å². The van der Waals surface area contributed by atoms with Gasteiger partial charge in [0.1, 0.15) is 0 Å². The van der Waals surface area contributed by atoms with Crippen LogP contribution < -0.4 is 11.1 Å². The lowest BCUT2D eigenvalue weighted by atomic mass is 10.3. The maximum atomic E-state index is 10.5. The van der Waals surface area contributed by atoms with Gasteiger partial charge in [-0.2, -0.15) is 0 Å². The van der Waals surface area contributed by atoms with Crippen LogP contribution in [0.3, 0.4) is 0 Å². The Morgan fingerprint density at radius 2 is 2.24 bits per heavy atom. The minimum absolute atomic E-state index is 0.505. The van der Waals surface area contributed by atoms with Crippen LogP contribution in [-0.2, 0) is 6.42 Å². The average Bonchev–Trinajstić information content (AvgIpc) is 2.60. The molecule has 0 bridgehead atoms. The molecule has 0 aliphatic rings. The lowest BCUT2D eigenvalue weighted by Gasteiger charge is -1.97. The van der Waals surface area contributed by atoms with E-state index < -0.39 is 6.03 Å². The van der Waals surface area contributed by atoms with Crippen LogP contribution in [0.5, 0.6) is 0 Å². The second kappa shape index (κ2) is 5.32. The molecule has 0 unspecified atom stereocenters. The molecule has 2 amide bonds. The summed E-state index contributed by atoms with van der Waals surface area (Å²) in [5.41, 5.74) is 5.94. The molecule has 2 rings (SSSR count). The number of carbonyl (C=O) groups is 1. The summed E-state index contributed by atoms with van der Waals surface area (Å²) < 4.78 is 3.12. The molecule has 0 spiro atoms. The SMILES string of the molecule is NC(=O)NCCc1nc2cc(Br)cc(Br)c2s1. The number of amides is 2. The van der Waals surface area contributed by atoms with Crippen molar-refractivity contribution in [3.8, 4) is 0 Å². The Morgan fingerprint density at radius 1 is 1.47 bits per heavy atom. The third-order valence-corrected chi connectivity index (χ3v) is 4.60. The van der Waals surface area contributed by atoms with Crippen LogP contribution in [0.15, 0.2) is 21.1 Å². The van der Waals surface area contributed by atoms with Gasteiger partial charge in [-0.3, -0.25) is 0 Å². The van der Waals surface area contributed by atoms with Crippen molar-refractivity contribution in [3.05, 3.63) is 26.1 Å². The third kappa shape index (κ3) is 3.17. The molecule has 17 heavy (non-hydrogen) atoms. The molecule has 0 fully saturated rings. The van der Waals surface area contributed by atoms with E-state index in [-0.39, 0.29) is 0 Å². The standard InChI is InChI=1S/C10H9Br2N3OS/c11-5-3-6(12)9-7(4-5)15-8(17-9)1-2-14-10(13)16/h3-4H,1-2H2,(H3,13,14,16). The third-order valence-electron chi connectivity index (χ3n) is 2.09. The minimum atomic E-state index is -0.505. The van der Waals surface area contributed by atoms with Crippen molar-refractivity contribution in [1.82, 2.24) is 10.3 Å². The molecule has 0 atom stereocenters. The summed E-state index contributed by atoms with van der Waals surface area (Å²) in [6, 6.07) is 3.46. The molecule has 0 saturated carbocycles. The summed E-state index contributed by atoms with van der Waals surface area (Å²) in [4.78, 5) is 15.0. The van der Waals surface area contributed by atoms with E-state index in [4.69, 9.17) is 5.73 Å². The van der Waals surface area contributed by atoms with Crippen LogP contribution in [0, 0.1) is 0 Å². The van der Waals surface area contributed by atoms with Crippen LogP contribution in [0.4, 0.5) is 4.79 Å². The Morgan fingerprint density at radius 3 is 2.94 bits per heavy atom. The van der Waals surface area contributed by atoms with E-state index in [9.17, 15) is 4.79 Å². The van der Waals surface area contributed by atoms with Crippen LogP contribution in [0.1, 0.15) is 5.01 Å². The summed E-state index contributed by atoms with van der Waals surface area (Å²) in [6.07, 6.45) is 0.687. The van der Waals surface area contributed by atoms with Gasteiger partial charge in [-0.15, -0.1) is 11.3 Å². The van der Waals surface area contributed by atoms with Gasteiger partial charge in [0, 0.05) is 21.9 Å². The van der Waals surface area contributed by atoms with E-state index in [2.05, 4.69) is 42.2 Å². The number of fused-ring (bicyclic) bond motifs is 1. The van der Waals surface area contributed by atoms with Gasteiger partial charge in [-0.25, -0.2) is 9.78 Å². The molecule has 3 N–H and O–H groups in total. The number of rotatable bonds is 3. The van der Waals surface area contributed by atoms with Crippen LogP contribution in [-0.4, -0.2) is 17.6 Å². The maximum Gasteiger partial charge on any atom is 0.312 e. The molecule has 0 aliphatic heterocycles. The number of primary amides is 1. The van der Waals surface area contributed by atoms with Gasteiger partial charge in [-0.05, 0) is 28.1 Å². The van der Waals surface area contributed by atoms with Crippen molar-refractivity contribution in [3.63, 3.8) is 0 Å². The number of nitrogens with one attached hydrogen (secondary N) is 1. The van der Waals surface area contributed by atoms with Crippen LogP contribution >= 0.6 is 43.2 Å².